The summed E-state index contributed by atoms with van der Waals surface area (Å²) < 4.78 is 4.73. The quantitative estimate of drug-likeness (QED) is 0.760. The third kappa shape index (κ3) is 3.08. The molecule has 2 aliphatic rings. The SMILES string of the molecule is COC(=O)c1ccc([C@@H]2C3=C(CC(C)(C)CC3=O)N=C(C)C2C#N)cc1. The maximum atomic E-state index is 12.9. The second-order valence-electron chi connectivity index (χ2n) is 7.75. The minimum atomic E-state index is -0.483. The summed E-state index contributed by atoms with van der Waals surface area (Å²) in [4.78, 5) is 29.2. The molecule has 1 aromatic carbocycles. The van der Waals surface area contributed by atoms with Crippen LogP contribution in [-0.2, 0) is 9.53 Å². The van der Waals surface area contributed by atoms with Crippen molar-refractivity contribution in [2.45, 2.75) is 39.5 Å². The summed E-state index contributed by atoms with van der Waals surface area (Å²) in [6, 6.07) is 9.27. The molecule has 0 N–H and O–H groups in total. The molecular formula is C21H22N2O3. The Morgan fingerprint density at radius 2 is 1.92 bits per heavy atom. The summed E-state index contributed by atoms with van der Waals surface area (Å²) in [6.45, 7) is 5.98. The summed E-state index contributed by atoms with van der Waals surface area (Å²) in [6.07, 6.45) is 1.18. The Morgan fingerprint density at radius 3 is 2.50 bits per heavy atom. The van der Waals surface area contributed by atoms with Gasteiger partial charge in [-0.3, -0.25) is 9.79 Å². The van der Waals surface area contributed by atoms with Gasteiger partial charge in [0.1, 0.15) is 0 Å². The van der Waals surface area contributed by atoms with Crippen LogP contribution in [0.15, 0.2) is 40.5 Å². The van der Waals surface area contributed by atoms with Crippen molar-refractivity contribution in [3.8, 4) is 6.07 Å². The largest absolute Gasteiger partial charge is 0.465 e. The van der Waals surface area contributed by atoms with E-state index in [4.69, 9.17) is 4.74 Å². The Morgan fingerprint density at radius 1 is 1.27 bits per heavy atom. The Hall–Kier alpha value is -2.74. The second kappa shape index (κ2) is 6.53. The normalized spacial score (nSPS) is 24.4. The van der Waals surface area contributed by atoms with Crippen molar-refractivity contribution in [1.82, 2.24) is 0 Å². The number of ketones is 1. The molecule has 0 saturated heterocycles. The van der Waals surface area contributed by atoms with Crippen LogP contribution >= 0.6 is 0 Å². The molecule has 0 aromatic heterocycles. The first-order chi connectivity index (χ1) is 12.3. The fourth-order valence-electron chi connectivity index (χ4n) is 3.92. The molecule has 3 rings (SSSR count). The van der Waals surface area contributed by atoms with Crippen molar-refractivity contribution < 1.29 is 14.3 Å². The highest BCUT2D eigenvalue weighted by Crippen LogP contribution is 2.47. The lowest BCUT2D eigenvalue weighted by Gasteiger charge is -2.37. The van der Waals surface area contributed by atoms with Gasteiger partial charge in [-0.1, -0.05) is 26.0 Å². The van der Waals surface area contributed by atoms with Crippen LogP contribution < -0.4 is 0 Å². The number of hydrogen-bond acceptors (Lipinski definition) is 5. The lowest BCUT2D eigenvalue weighted by atomic mass is 9.67. The molecule has 0 radical (unpaired) electrons. The van der Waals surface area contributed by atoms with E-state index in [1.54, 1.807) is 24.3 Å². The van der Waals surface area contributed by atoms with Crippen LogP contribution in [0.2, 0.25) is 0 Å². The van der Waals surface area contributed by atoms with Crippen LogP contribution in [-0.4, -0.2) is 24.6 Å². The van der Waals surface area contributed by atoms with Gasteiger partial charge < -0.3 is 4.74 Å². The first kappa shape index (κ1) is 18.1. The fraction of sp³-hybridized carbons (Fsp3) is 0.429. The molecule has 26 heavy (non-hydrogen) atoms. The van der Waals surface area contributed by atoms with Crippen LogP contribution in [0.1, 0.15) is 55.5 Å². The number of benzene rings is 1. The maximum Gasteiger partial charge on any atom is 0.337 e. The minimum Gasteiger partial charge on any atom is -0.465 e. The molecule has 0 amide bonds. The van der Waals surface area contributed by atoms with Crippen LogP contribution in [0.5, 0.6) is 0 Å². The molecule has 5 nitrogen and oxygen atoms in total. The molecule has 0 saturated carbocycles. The summed E-state index contributed by atoms with van der Waals surface area (Å²) in [5.74, 6) is -1.18. The zero-order chi connectivity index (χ0) is 19.1. The first-order valence-corrected chi connectivity index (χ1v) is 8.67. The summed E-state index contributed by atoms with van der Waals surface area (Å²) in [5.41, 5.74) is 3.36. The van der Waals surface area contributed by atoms with Gasteiger partial charge in [0.15, 0.2) is 5.78 Å². The number of nitrogens with zero attached hydrogens (tertiary/aromatic N) is 2. The van der Waals surface area contributed by atoms with E-state index in [2.05, 4.69) is 24.9 Å². The van der Waals surface area contributed by atoms with E-state index >= 15 is 0 Å². The highest BCUT2D eigenvalue weighted by atomic mass is 16.5. The monoisotopic (exact) mass is 350 g/mol. The van der Waals surface area contributed by atoms with Gasteiger partial charge in [0.2, 0.25) is 0 Å². The van der Waals surface area contributed by atoms with Gasteiger partial charge in [0.25, 0.3) is 0 Å². The Balaban J connectivity index is 2.10. The molecule has 5 heteroatoms. The molecule has 0 spiro atoms. The molecular weight excluding hydrogens is 328 g/mol. The van der Waals surface area contributed by atoms with Gasteiger partial charge >= 0.3 is 5.97 Å². The highest BCUT2D eigenvalue weighted by molar-refractivity contribution is 6.03. The number of Topliss-reactive ketones (excluding diaryl/α,β-unsaturated/α-hetero) is 1. The molecule has 1 aliphatic carbocycles. The van der Waals surface area contributed by atoms with Gasteiger partial charge in [-0.15, -0.1) is 0 Å². The molecule has 0 fully saturated rings. The lowest BCUT2D eigenvalue weighted by molar-refractivity contribution is -0.118. The van der Waals surface area contributed by atoms with Crippen LogP contribution in [0.4, 0.5) is 0 Å². The number of methoxy groups -OCH3 is 1. The number of ether oxygens (including phenoxy) is 1. The molecule has 0 bridgehead atoms. The van der Waals surface area contributed by atoms with E-state index in [1.165, 1.54) is 7.11 Å². The Bertz CT molecular complexity index is 870. The molecule has 134 valence electrons. The first-order valence-electron chi connectivity index (χ1n) is 8.67. The van der Waals surface area contributed by atoms with Crippen LogP contribution in [0.25, 0.3) is 0 Å². The van der Waals surface area contributed by atoms with Crippen molar-refractivity contribution in [3.05, 3.63) is 46.7 Å². The number of nitriles is 1. The van der Waals surface area contributed by atoms with Gasteiger partial charge in [-0.2, -0.15) is 5.26 Å². The van der Waals surface area contributed by atoms with Crippen molar-refractivity contribution in [3.63, 3.8) is 0 Å². The molecule has 2 atom stereocenters. The van der Waals surface area contributed by atoms with E-state index < -0.39 is 11.9 Å². The fourth-order valence-corrected chi connectivity index (χ4v) is 3.92. The number of hydrogen-bond donors (Lipinski definition) is 0. The van der Waals surface area contributed by atoms with Crippen LogP contribution in [0.3, 0.4) is 0 Å². The van der Waals surface area contributed by atoms with E-state index in [9.17, 15) is 14.9 Å². The standard InChI is InChI=1S/C21H22N2O3/c1-12-15(11-22)18(13-5-7-14(8-6-13)20(25)26-4)19-16(23-12)9-21(2,3)10-17(19)24/h5-8,15,18H,9-10H2,1-4H3/t15?,18-/m0/s1. The Labute approximate surface area is 153 Å². The average Bonchev–Trinajstić information content (AvgIpc) is 2.59. The zero-order valence-corrected chi connectivity index (χ0v) is 15.5. The van der Waals surface area contributed by atoms with Crippen molar-refractivity contribution in [2.24, 2.45) is 16.3 Å². The van der Waals surface area contributed by atoms with Crippen molar-refractivity contribution in [1.29, 1.82) is 5.26 Å². The van der Waals surface area contributed by atoms with Crippen LogP contribution in [0, 0.1) is 22.7 Å². The van der Waals surface area contributed by atoms with Gasteiger partial charge in [-0.05, 0) is 36.5 Å². The van der Waals surface area contributed by atoms with E-state index in [0.29, 0.717) is 17.6 Å². The minimum absolute atomic E-state index is 0.0646. The lowest BCUT2D eigenvalue weighted by Crippen LogP contribution is -2.35. The van der Waals surface area contributed by atoms with Crippen molar-refractivity contribution >= 4 is 17.5 Å². The molecule has 1 unspecified atom stereocenters. The van der Waals surface area contributed by atoms with Gasteiger partial charge in [0, 0.05) is 29.3 Å². The number of carbonyl (C=O) groups is 2. The summed E-state index contributed by atoms with van der Waals surface area (Å²) in [7, 11) is 1.34. The number of esters is 1. The number of carbonyl (C=O) groups excluding carboxylic acids is 2. The third-order valence-corrected chi connectivity index (χ3v) is 5.13. The van der Waals surface area contributed by atoms with E-state index in [0.717, 1.165) is 23.4 Å². The van der Waals surface area contributed by atoms with Gasteiger partial charge in [0.05, 0.1) is 24.7 Å². The van der Waals surface area contributed by atoms with E-state index in [-0.39, 0.29) is 17.1 Å². The number of rotatable bonds is 2. The Kier molecular flexibility index (Phi) is 4.53. The summed E-state index contributed by atoms with van der Waals surface area (Å²) >= 11 is 0. The zero-order valence-electron chi connectivity index (χ0n) is 15.5. The maximum absolute atomic E-state index is 12.9. The molecule has 1 aliphatic heterocycles. The smallest absolute Gasteiger partial charge is 0.337 e. The predicted octanol–water partition coefficient (Wildman–Crippen LogP) is 3.81. The van der Waals surface area contributed by atoms with Gasteiger partial charge in [-0.25, -0.2) is 4.79 Å². The van der Waals surface area contributed by atoms with Crippen molar-refractivity contribution in [2.75, 3.05) is 7.11 Å². The predicted molar refractivity (Wildman–Crippen MR) is 97.8 cm³/mol. The topological polar surface area (TPSA) is 79.5 Å². The third-order valence-electron chi connectivity index (χ3n) is 5.13. The van der Waals surface area contributed by atoms with E-state index in [1.807, 2.05) is 6.92 Å². The number of allylic oxidation sites excluding steroid dienone is 2. The average molecular weight is 350 g/mol. The molecule has 1 heterocycles. The molecule has 1 aromatic rings. The number of aliphatic imine (C=N–C) groups is 1. The summed E-state index contributed by atoms with van der Waals surface area (Å²) in [5, 5.41) is 9.71. The second-order valence-corrected chi connectivity index (χ2v) is 7.75. The highest BCUT2D eigenvalue weighted by Gasteiger charge is 2.43.